The molecule has 1 aliphatic heterocycles. The van der Waals surface area contributed by atoms with Gasteiger partial charge in [-0.05, 0) is 77.3 Å². The largest absolute Gasteiger partial charge is 0.494 e. The van der Waals surface area contributed by atoms with Gasteiger partial charge < -0.3 is 14.2 Å². The van der Waals surface area contributed by atoms with Crippen molar-refractivity contribution in [2.24, 2.45) is 0 Å². The van der Waals surface area contributed by atoms with E-state index >= 15 is 0 Å². The van der Waals surface area contributed by atoms with E-state index in [2.05, 4.69) is 27.8 Å². The van der Waals surface area contributed by atoms with Gasteiger partial charge in [0.2, 0.25) is 0 Å². The van der Waals surface area contributed by atoms with E-state index < -0.39 is 17.8 Å². The molecule has 0 aromatic heterocycles. The standard InChI is InChI=1S/C25H25BrN2O6/c1-4-11-33-18-9-7-17(8-10-18)28-24(30)19(23(29)27-25(28)31)13-16-14-20(26)22(34-12-5-2)21(15-16)32-6-3/h5,7-10,13-15H,2,4,6,11-12H2,1,3H3,(H,27,29,31)/b19-13-. The molecule has 0 atom stereocenters. The number of halogens is 1. The van der Waals surface area contributed by atoms with Crippen LogP contribution in [0.1, 0.15) is 25.8 Å². The quantitative estimate of drug-likeness (QED) is 0.268. The van der Waals surface area contributed by atoms with Crippen LogP contribution in [0, 0.1) is 0 Å². The van der Waals surface area contributed by atoms with E-state index in [9.17, 15) is 14.4 Å². The number of nitrogens with zero attached hydrogens (tertiary/aromatic N) is 1. The second kappa shape index (κ2) is 11.5. The molecule has 0 aliphatic carbocycles. The fourth-order valence-electron chi connectivity index (χ4n) is 3.19. The zero-order chi connectivity index (χ0) is 24.7. The third-order valence-corrected chi connectivity index (χ3v) is 5.25. The Morgan fingerprint density at radius 2 is 1.79 bits per heavy atom. The van der Waals surface area contributed by atoms with Gasteiger partial charge in [0, 0.05) is 0 Å². The van der Waals surface area contributed by atoms with Gasteiger partial charge in [-0.1, -0.05) is 19.6 Å². The Bertz CT molecular complexity index is 1130. The van der Waals surface area contributed by atoms with Gasteiger partial charge in [0.15, 0.2) is 11.5 Å². The van der Waals surface area contributed by atoms with E-state index in [0.717, 1.165) is 11.3 Å². The third kappa shape index (κ3) is 5.66. The summed E-state index contributed by atoms with van der Waals surface area (Å²) in [5, 5.41) is 2.22. The zero-order valence-electron chi connectivity index (χ0n) is 18.9. The molecule has 1 heterocycles. The normalized spacial score (nSPS) is 14.7. The monoisotopic (exact) mass is 528 g/mol. The van der Waals surface area contributed by atoms with Gasteiger partial charge in [-0.3, -0.25) is 14.9 Å². The van der Waals surface area contributed by atoms with Gasteiger partial charge >= 0.3 is 6.03 Å². The van der Waals surface area contributed by atoms with Gasteiger partial charge in [0.1, 0.15) is 17.9 Å². The van der Waals surface area contributed by atoms with Gasteiger partial charge in [0.25, 0.3) is 11.8 Å². The molecule has 0 spiro atoms. The van der Waals surface area contributed by atoms with Crippen molar-refractivity contribution in [2.45, 2.75) is 20.3 Å². The molecule has 1 N–H and O–H groups in total. The van der Waals surface area contributed by atoms with Crippen LogP contribution in [0.5, 0.6) is 17.2 Å². The minimum Gasteiger partial charge on any atom is -0.494 e. The number of imide groups is 2. The molecule has 4 amide bonds. The maximum absolute atomic E-state index is 13.2. The number of carbonyl (C=O) groups excluding carboxylic acids is 3. The molecule has 0 bridgehead atoms. The Morgan fingerprint density at radius 3 is 2.44 bits per heavy atom. The second-order valence-electron chi connectivity index (χ2n) is 7.16. The van der Waals surface area contributed by atoms with Crippen molar-refractivity contribution in [3.63, 3.8) is 0 Å². The van der Waals surface area contributed by atoms with Crippen LogP contribution in [0.4, 0.5) is 10.5 Å². The maximum atomic E-state index is 13.2. The molecule has 0 radical (unpaired) electrons. The molecule has 1 aliphatic rings. The lowest BCUT2D eigenvalue weighted by Gasteiger charge is -2.26. The van der Waals surface area contributed by atoms with E-state index in [-0.39, 0.29) is 12.2 Å². The molecule has 2 aromatic rings. The van der Waals surface area contributed by atoms with Crippen molar-refractivity contribution < 1.29 is 28.6 Å². The average Bonchev–Trinajstić information content (AvgIpc) is 2.81. The summed E-state index contributed by atoms with van der Waals surface area (Å²) in [6.07, 6.45) is 3.87. The van der Waals surface area contributed by atoms with Gasteiger partial charge in [-0.15, -0.1) is 0 Å². The maximum Gasteiger partial charge on any atom is 0.335 e. The second-order valence-corrected chi connectivity index (χ2v) is 8.02. The zero-order valence-corrected chi connectivity index (χ0v) is 20.5. The summed E-state index contributed by atoms with van der Waals surface area (Å²) in [5.41, 5.74) is 0.631. The van der Waals surface area contributed by atoms with Crippen LogP contribution in [0.15, 0.2) is 59.1 Å². The van der Waals surface area contributed by atoms with Crippen LogP contribution >= 0.6 is 15.9 Å². The van der Waals surface area contributed by atoms with Gasteiger partial charge in [0.05, 0.1) is 23.4 Å². The van der Waals surface area contributed by atoms with E-state index in [1.807, 2.05) is 13.8 Å². The molecule has 34 heavy (non-hydrogen) atoms. The summed E-state index contributed by atoms with van der Waals surface area (Å²) in [6, 6.07) is 9.03. The van der Waals surface area contributed by atoms with Crippen LogP contribution in [0.25, 0.3) is 6.08 Å². The highest BCUT2D eigenvalue weighted by Crippen LogP contribution is 2.38. The summed E-state index contributed by atoms with van der Waals surface area (Å²) in [4.78, 5) is 39.1. The highest BCUT2D eigenvalue weighted by Gasteiger charge is 2.36. The van der Waals surface area contributed by atoms with E-state index in [1.54, 1.807) is 42.5 Å². The van der Waals surface area contributed by atoms with Gasteiger partial charge in [-0.2, -0.15) is 0 Å². The smallest absolute Gasteiger partial charge is 0.335 e. The van der Waals surface area contributed by atoms with Crippen LogP contribution in [0.2, 0.25) is 0 Å². The summed E-state index contributed by atoms with van der Waals surface area (Å²) < 4.78 is 17.4. The number of ether oxygens (including phenoxy) is 3. The Hall–Kier alpha value is -3.59. The highest BCUT2D eigenvalue weighted by molar-refractivity contribution is 9.10. The molecule has 0 saturated carbocycles. The van der Waals surface area contributed by atoms with Crippen LogP contribution in [-0.2, 0) is 9.59 Å². The van der Waals surface area contributed by atoms with Crippen molar-refractivity contribution in [1.82, 2.24) is 5.32 Å². The summed E-state index contributed by atoms with van der Waals surface area (Å²) >= 11 is 3.45. The lowest BCUT2D eigenvalue weighted by atomic mass is 10.1. The number of carbonyl (C=O) groups is 3. The molecule has 1 saturated heterocycles. The predicted molar refractivity (Wildman–Crippen MR) is 132 cm³/mol. The third-order valence-electron chi connectivity index (χ3n) is 4.66. The lowest BCUT2D eigenvalue weighted by Crippen LogP contribution is -2.54. The minimum atomic E-state index is -0.821. The molecule has 178 valence electrons. The first kappa shape index (κ1) is 25.0. The van der Waals surface area contributed by atoms with E-state index in [0.29, 0.717) is 46.2 Å². The Labute approximate surface area is 206 Å². The van der Waals surface area contributed by atoms with Crippen molar-refractivity contribution in [2.75, 3.05) is 24.7 Å². The minimum absolute atomic E-state index is 0.194. The Morgan fingerprint density at radius 1 is 1.06 bits per heavy atom. The summed E-state index contributed by atoms with van der Waals surface area (Å²) in [7, 11) is 0. The van der Waals surface area contributed by atoms with Crippen molar-refractivity contribution in [1.29, 1.82) is 0 Å². The van der Waals surface area contributed by atoms with Crippen molar-refractivity contribution in [3.05, 3.63) is 64.7 Å². The SMILES string of the molecule is C=CCOc1c(Br)cc(/C=C2/C(=O)NC(=O)N(c3ccc(OCCC)cc3)C2=O)cc1OCC. The lowest BCUT2D eigenvalue weighted by molar-refractivity contribution is -0.122. The van der Waals surface area contributed by atoms with E-state index in [1.165, 1.54) is 6.08 Å². The van der Waals surface area contributed by atoms with Crippen LogP contribution in [-0.4, -0.2) is 37.7 Å². The molecular formula is C25H25BrN2O6. The van der Waals surface area contributed by atoms with Crippen molar-refractivity contribution in [3.8, 4) is 17.2 Å². The highest BCUT2D eigenvalue weighted by atomic mass is 79.9. The molecule has 1 fully saturated rings. The van der Waals surface area contributed by atoms with Crippen LogP contribution in [0.3, 0.4) is 0 Å². The first-order valence-electron chi connectivity index (χ1n) is 10.7. The molecule has 0 unspecified atom stereocenters. The average molecular weight is 529 g/mol. The number of rotatable bonds is 10. The topological polar surface area (TPSA) is 94.2 Å². The first-order chi connectivity index (χ1) is 16.4. The molecular weight excluding hydrogens is 504 g/mol. The number of hydrogen-bond donors (Lipinski definition) is 1. The molecule has 3 rings (SSSR count). The summed E-state index contributed by atoms with van der Waals surface area (Å²) in [6.45, 7) is 8.68. The molecule has 2 aromatic carbocycles. The molecule has 8 nitrogen and oxygen atoms in total. The summed E-state index contributed by atoms with van der Waals surface area (Å²) in [5.74, 6) is 0.0111. The Kier molecular flexibility index (Phi) is 8.48. The Balaban J connectivity index is 1.95. The van der Waals surface area contributed by atoms with E-state index in [4.69, 9.17) is 14.2 Å². The number of nitrogens with one attached hydrogen (secondary N) is 1. The van der Waals surface area contributed by atoms with Crippen LogP contribution < -0.4 is 24.4 Å². The number of anilines is 1. The van der Waals surface area contributed by atoms with Gasteiger partial charge in [-0.25, -0.2) is 9.69 Å². The number of barbiturate groups is 1. The molecule has 9 heteroatoms. The number of urea groups is 1. The van der Waals surface area contributed by atoms with Crippen molar-refractivity contribution >= 4 is 45.5 Å². The predicted octanol–water partition coefficient (Wildman–Crippen LogP) is 4.87. The fourth-order valence-corrected chi connectivity index (χ4v) is 3.76. The fraction of sp³-hybridized carbons (Fsp3) is 0.240. The number of benzene rings is 2. The number of amides is 4. The number of hydrogen-bond acceptors (Lipinski definition) is 6. The first-order valence-corrected chi connectivity index (χ1v) is 11.5.